The monoisotopic (exact) mass is 541 g/mol. The molecule has 2 N–H and O–H groups in total. The number of carboxylic acids is 1. The lowest BCUT2D eigenvalue weighted by Crippen LogP contribution is -2.38. The summed E-state index contributed by atoms with van der Waals surface area (Å²) in [7, 11) is -3.51. The number of carbonyl (C=O) groups excluding carboxylic acids is 1. The molecule has 0 unspecified atom stereocenters. The molecule has 10 heteroatoms. The van der Waals surface area contributed by atoms with Crippen LogP contribution in [0.3, 0.4) is 0 Å². The Hall–Kier alpha value is -2.79. The number of carboxylic acid groups (broad SMARTS) is 1. The van der Waals surface area contributed by atoms with Crippen LogP contribution in [0.4, 0.5) is 5.69 Å². The molecule has 2 saturated heterocycles. The van der Waals surface area contributed by atoms with Gasteiger partial charge in [0, 0.05) is 29.5 Å². The van der Waals surface area contributed by atoms with Gasteiger partial charge in [0.25, 0.3) is 0 Å². The summed E-state index contributed by atoms with van der Waals surface area (Å²) in [6.07, 6.45) is 5.25. The zero-order valence-electron chi connectivity index (χ0n) is 20.6. The lowest BCUT2D eigenvalue weighted by molar-refractivity contribution is -0.117. The molecule has 0 bridgehead atoms. The smallest absolute Gasteiger partial charge is 0.346 e. The normalized spacial score (nSPS) is 19.3. The van der Waals surface area contributed by atoms with Crippen molar-refractivity contribution < 1.29 is 23.1 Å². The lowest BCUT2D eigenvalue weighted by atomic mass is 10.0. The highest BCUT2D eigenvalue weighted by atomic mass is 32.2. The summed E-state index contributed by atoms with van der Waals surface area (Å²) in [6.45, 7) is 2.07. The summed E-state index contributed by atoms with van der Waals surface area (Å²) in [5.41, 5.74) is 1.39. The molecule has 1 atom stereocenters. The van der Waals surface area contributed by atoms with Crippen molar-refractivity contribution in [2.45, 2.75) is 49.5 Å². The van der Waals surface area contributed by atoms with Crippen LogP contribution in [0.25, 0.3) is 10.1 Å². The Kier molecular flexibility index (Phi) is 7.62. The molecule has 1 amide bonds. The Balaban J connectivity index is 1.23. The van der Waals surface area contributed by atoms with Gasteiger partial charge in [-0.3, -0.25) is 9.69 Å². The van der Waals surface area contributed by atoms with E-state index in [2.05, 4.69) is 10.2 Å². The summed E-state index contributed by atoms with van der Waals surface area (Å²) in [6, 6.07) is 14.2. The van der Waals surface area contributed by atoms with Crippen LogP contribution in [-0.2, 0) is 21.2 Å². The minimum atomic E-state index is -3.51. The molecular weight excluding hydrogens is 510 g/mol. The zero-order valence-corrected chi connectivity index (χ0v) is 22.2. The molecule has 0 aliphatic carbocycles. The number of sulfonamides is 1. The molecule has 1 aromatic heterocycles. The van der Waals surface area contributed by atoms with E-state index in [1.54, 1.807) is 24.3 Å². The molecule has 2 aromatic carbocycles. The number of likely N-dealkylation sites (tertiary alicyclic amines) is 1. The highest BCUT2D eigenvalue weighted by Crippen LogP contribution is 2.34. The van der Waals surface area contributed by atoms with Crippen molar-refractivity contribution in [2.75, 3.05) is 31.5 Å². The first-order valence-electron chi connectivity index (χ1n) is 12.7. The number of piperidine rings is 1. The van der Waals surface area contributed by atoms with Crippen LogP contribution >= 0.6 is 11.3 Å². The quantitative estimate of drug-likeness (QED) is 0.437. The van der Waals surface area contributed by atoms with Crippen molar-refractivity contribution in [3.63, 3.8) is 0 Å². The molecular formula is C27H31N3O5S2. The molecule has 3 heterocycles. The van der Waals surface area contributed by atoms with E-state index in [0.717, 1.165) is 54.3 Å². The number of thiophene rings is 1. The number of anilines is 1. The maximum atomic E-state index is 12.9. The summed E-state index contributed by atoms with van der Waals surface area (Å²) in [4.78, 5) is 27.5. The Morgan fingerprint density at radius 3 is 2.43 bits per heavy atom. The van der Waals surface area contributed by atoms with Gasteiger partial charge in [0.05, 0.1) is 11.4 Å². The number of nitrogens with one attached hydrogen (secondary N) is 1. The number of carbonyl (C=O) groups is 2. The second kappa shape index (κ2) is 10.9. The van der Waals surface area contributed by atoms with Gasteiger partial charge in [-0.2, -0.15) is 4.31 Å². The van der Waals surface area contributed by atoms with Crippen LogP contribution in [0.15, 0.2) is 53.4 Å². The minimum absolute atomic E-state index is 0.0823. The van der Waals surface area contributed by atoms with E-state index in [9.17, 15) is 23.1 Å². The number of fused-ring (bicyclic) bond motifs is 1. The topological polar surface area (TPSA) is 107 Å². The predicted molar refractivity (Wildman–Crippen MR) is 145 cm³/mol. The van der Waals surface area contributed by atoms with Crippen molar-refractivity contribution >= 4 is 49.0 Å². The van der Waals surface area contributed by atoms with Gasteiger partial charge in [0.2, 0.25) is 15.9 Å². The van der Waals surface area contributed by atoms with E-state index in [1.165, 1.54) is 15.6 Å². The number of amides is 1. The summed E-state index contributed by atoms with van der Waals surface area (Å²) in [5.74, 6) is -1.09. The summed E-state index contributed by atoms with van der Waals surface area (Å²) >= 11 is 1.30. The molecule has 3 aromatic rings. The molecule has 0 saturated carbocycles. The highest BCUT2D eigenvalue weighted by molar-refractivity contribution is 7.89. The average Bonchev–Trinajstić information content (AvgIpc) is 3.49. The summed E-state index contributed by atoms with van der Waals surface area (Å²) < 4.78 is 28.2. The number of benzene rings is 2. The Bertz CT molecular complexity index is 1400. The fourth-order valence-electron chi connectivity index (χ4n) is 5.39. The first kappa shape index (κ1) is 25.8. The standard InChI is InChI=1S/C27H31N3O5S2/c31-25(28-19-10-12-21(13-11-19)37(34,35)30-15-4-1-5-16-30)18-29-14-6-7-20(29)17-23-22-8-2-3-9-24(22)36-26(23)27(32)33/h2-3,8-13,20H,1,4-7,14-18H2,(H,28,31)(H,32,33)/t20-/m0/s1. The second-order valence-corrected chi connectivity index (χ2v) is 12.7. The average molecular weight is 542 g/mol. The van der Waals surface area contributed by atoms with Crippen LogP contribution < -0.4 is 5.32 Å². The first-order chi connectivity index (χ1) is 17.8. The largest absolute Gasteiger partial charge is 0.477 e. The van der Waals surface area contributed by atoms with E-state index in [1.807, 2.05) is 24.3 Å². The zero-order chi connectivity index (χ0) is 26.0. The van der Waals surface area contributed by atoms with Gasteiger partial charge >= 0.3 is 5.97 Å². The molecule has 8 nitrogen and oxygen atoms in total. The molecule has 2 aliphatic rings. The van der Waals surface area contributed by atoms with Gasteiger partial charge in [0.1, 0.15) is 4.88 Å². The first-order valence-corrected chi connectivity index (χ1v) is 15.0. The molecule has 37 heavy (non-hydrogen) atoms. The van der Waals surface area contributed by atoms with E-state index < -0.39 is 16.0 Å². The van der Waals surface area contributed by atoms with Crippen molar-refractivity contribution in [1.82, 2.24) is 9.21 Å². The van der Waals surface area contributed by atoms with Gasteiger partial charge < -0.3 is 10.4 Å². The molecule has 2 aliphatic heterocycles. The Labute approximate surface area is 220 Å². The van der Waals surface area contributed by atoms with E-state index in [4.69, 9.17) is 0 Å². The van der Waals surface area contributed by atoms with Crippen LogP contribution in [0, 0.1) is 0 Å². The maximum Gasteiger partial charge on any atom is 0.346 e. The van der Waals surface area contributed by atoms with E-state index in [0.29, 0.717) is 30.1 Å². The second-order valence-electron chi connectivity index (χ2n) is 9.72. The highest BCUT2D eigenvalue weighted by Gasteiger charge is 2.30. The molecule has 0 spiro atoms. The Morgan fingerprint density at radius 2 is 1.70 bits per heavy atom. The molecule has 0 radical (unpaired) electrons. The lowest BCUT2D eigenvalue weighted by Gasteiger charge is -2.26. The van der Waals surface area contributed by atoms with Crippen LogP contribution in [0.5, 0.6) is 0 Å². The van der Waals surface area contributed by atoms with Gasteiger partial charge in [-0.15, -0.1) is 11.3 Å². The third-order valence-corrected chi connectivity index (χ3v) is 10.4. The Morgan fingerprint density at radius 1 is 0.973 bits per heavy atom. The third-order valence-electron chi connectivity index (χ3n) is 7.27. The van der Waals surface area contributed by atoms with Gasteiger partial charge in [-0.05, 0) is 79.9 Å². The predicted octanol–water partition coefficient (Wildman–Crippen LogP) is 4.42. The van der Waals surface area contributed by atoms with Crippen molar-refractivity contribution in [1.29, 1.82) is 0 Å². The minimum Gasteiger partial charge on any atom is -0.477 e. The van der Waals surface area contributed by atoms with Crippen molar-refractivity contribution in [3.8, 4) is 0 Å². The van der Waals surface area contributed by atoms with E-state index >= 15 is 0 Å². The number of aromatic carboxylic acids is 1. The van der Waals surface area contributed by atoms with Crippen molar-refractivity contribution in [3.05, 3.63) is 59.0 Å². The number of rotatable bonds is 8. The van der Waals surface area contributed by atoms with Crippen LogP contribution in [-0.4, -0.2) is 66.8 Å². The molecule has 2 fully saturated rings. The fraction of sp³-hybridized carbons (Fsp3) is 0.407. The summed E-state index contributed by atoms with van der Waals surface area (Å²) in [5, 5.41) is 13.6. The van der Waals surface area contributed by atoms with Crippen LogP contribution in [0.1, 0.15) is 47.3 Å². The van der Waals surface area contributed by atoms with Gasteiger partial charge in [0.15, 0.2) is 0 Å². The van der Waals surface area contributed by atoms with Crippen molar-refractivity contribution in [2.24, 2.45) is 0 Å². The number of hydrogen-bond acceptors (Lipinski definition) is 6. The SMILES string of the molecule is O=C(CN1CCC[C@H]1Cc1c(C(=O)O)sc2ccccc12)Nc1ccc(S(=O)(=O)N2CCCCC2)cc1. The van der Waals surface area contributed by atoms with Crippen LogP contribution in [0.2, 0.25) is 0 Å². The number of nitrogens with zero attached hydrogens (tertiary/aromatic N) is 2. The van der Waals surface area contributed by atoms with Gasteiger partial charge in [-0.1, -0.05) is 24.6 Å². The number of hydrogen-bond donors (Lipinski definition) is 2. The fourth-order valence-corrected chi connectivity index (χ4v) is 7.98. The third kappa shape index (κ3) is 5.57. The van der Waals surface area contributed by atoms with Gasteiger partial charge in [-0.25, -0.2) is 13.2 Å². The maximum absolute atomic E-state index is 12.9. The van der Waals surface area contributed by atoms with E-state index in [-0.39, 0.29) is 23.4 Å². The molecule has 5 rings (SSSR count). The molecule has 196 valence electrons.